The normalized spacial score (nSPS) is 10.3. The van der Waals surface area contributed by atoms with Crippen LogP contribution in [0.25, 0.3) is 0 Å². The zero-order chi connectivity index (χ0) is 14.0. The quantitative estimate of drug-likeness (QED) is 0.882. The van der Waals surface area contributed by atoms with Gasteiger partial charge in [0, 0.05) is 5.69 Å². The molecule has 0 heterocycles. The van der Waals surface area contributed by atoms with Crippen molar-refractivity contribution in [3.8, 4) is 0 Å². The number of anilines is 1. The highest BCUT2D eigenvalue weighted by molar-refractivity contribution is 6.04. The van der Waals surface area contributed by atoms with Gasteiger partial charge in [-0.3, -0.25) is 4.79 Å². The van der Waals surface area contributed by atoms with Crippen LogP contribution in [0.4, 0.5) is 18.9 Å². The second-order valence-corrected chi connectivity index (χ2v) is 4.02. The molecule has 2 rings (SSSR count). The summed E-state index contributed by atoms with van der Waals surface area (Å²) in [5.41, 5.74) is 0.174. The first kappa shape index (κ1) is 13.1. The predicted octanol–water partition coefficient (Wildman–Crippen LogP) is 3.66. The van der Waals surface area contributed by atoms with E-state index in [2.05, 4.69) is 5.32 Å². The van der Waals surface area contributed by atoms with Crippen molar-refractivity contribution in [2.24, 2.45) is 0 Å². The van der Waals surface area contributed by atoms with Crippen LogP contribution in [0.15, 0.2) is 36.4 Å². The maximum Gasteiger partial charge on any atom is 0.258 e. The molecule has 0 aliphatic heterocycles. The van der Waals surface area contributed by atoms with Crippen molar-refractivity contribution in [1.82, 2.24) is 0 Å². The Morgan fingerprint density at radius 2 is 1.79 bits per heavy atom. The molecule has 0 aliphatic rings. The fourth-order valence-electron chi connectivity index (χ4n) is 1.55. The standard InChI is InChI=1S/C14H10F3NO/c1-8-5-6-9(7-12(8)16)18-14(19)10-3-2-4-11(15)13(10)17/h2-7H,1H3,(H,18,19). The van der Waals surface area contributed by atoms with Gasteiger partial charge in [0.2, 0.25) is 0 Å². The van der Waals surface area contributed by atoms with E-state index in [9.17, 15) is 18.0 Å². The molecule has 1 amide bonds. The van der Waals surface area contributed by atoms with E-state index in [-0.39, 0.29) is 5.69 Å². The van der Waals surface area contributed by atoms with Crippen molar-refractivity contribution < 1.29 is 18.0 Å². The lowest BCUT2D eigenvalue weighted by atomic mass is 10.1. The summed E-state index contributed by atoms with van der Waals surface area (Å²) in [6, 6.07) is 7.36. The first-order valence-corrected chi connectivity index (χ1v) is 5.50. The summed E-state index contributed by atoms with van der Waals surface area (Å²) in [5.74, 6) is -3.66. The molecule has 0 saturated carbocycles. The zero-order valence-electron chi connectivity index (χ0n) is 10.0. The number of carbonyl (C=O) groups is 1. The van der Waals surface area contributed by atoms with E-state index in [0.29, 0.717) is 5.56 Å². The third-order valence-corrected chi connectivity index (χ3v) is 2.63. The highest BCUT2D eigenvalue weighted by atomic mass is 19.2. The number of nitrogens with one attached hydrogen (secondary N) is 1. The van der Waals surface area contributed by atoms with E-state index >= 15 is 0 Å². The number of benzene rings is 2. The molecule has 2 aromatic carbocycles. The number of halogens is 3. The van der Waals surface area contributed by atoms with Crippen LogP contribution in [0.1, 0.15) is 15.9 Å². The molecular weight excluding hydrogens is 255 g/mol. The monoisotopic (exact) mass is 265 g/mol. The van der Waals surface area contributed by atoms with Crippen LogP contribution in [0.2, 0.25) is 0 Å². The summed E-state index contributed by atoms with van der Waals surface area (Å²) >= 11 is 0. The molecule has 1 N–H and O–H groups in total. The summed E-state index contributed by atoms with van der Waals surface area (Å²) in [4.78, 5) is 11.7. The summed E-state index contributed by atoms with van der Waals surface area (Å²) in [6.45, 7) is 1.58. The van der Waals surface area contributed by atoms with E-state index in [4.69, 9.17) is 0 Å². The number of carbonyl (C=O) groups excluding carboxylic acids is 1. The Bertz CT molecular complexity index is 641. The van der Waals surface area contributed by atoms with Crippen molar-refractivity contribution in [2.75, 3.05) is 5.32 Å². The Kier molecular flexibility index (Phi) is 3.55. The Labute approximate surface area is 107 Å². The molecule has 5 heteroatoms. The predicted molar refractivity (Wildman–Crippen MR) is 65.4 cm³/mol. The van der Waals surface area contributed by atoms with Crippen molar-refractivity contribution >= 4 is 11.6 Å². The van der Waals surface area contributed by atoms with E-state index in [1.807, 2.05) is 0 Å². The Morgan fingerprint density at radius 1 is 1.05 bits per heavy atom. The van der Waals surface area contributed by atoms with Gasteiger partial charge in [-0.2, -0.15) is 0 Å². The average Bonchev–Trinajstić information content (AvgIpc) is 2.37. The lowest BCUT2D eigenvalue weighted by Gasteiger charge is -2.07. The van der Waals surface area contributed by atoms with Gasteiger partial charge < -0.3 is 5.32 Å². The largest absolute Gasteiger partial charge is 0.322 e. The lowest BCUT2D eigenvalue weighted by molar-refractivity contribution is 0.102. The highest BCUT2D eigenvalue weighted by Crippen LogP contribution is 2.16. The number of amides is 1. The van der Waals surface area contributed by atoms with Gasteiger partial charge in [0.15, 0.2) is 11.6 Å². The van der Waals surface area contributed by atoms with Gasteiger partial charge in [-0.25, -0.2) is 13.2 Å². The van der Waals surface area contributed by atoms with E-state index in [1.165, 1.54) is 18.2 Å². The van der Waals surface area contributed by atoms with Gasteiger partial charge in [0.1, 0.15) is 5.82 Å². The summed E-state index contributed by atoms with van der Waals surface area (Å²) in [5, 5.41) is 2.31. The molecule has 0 atom stereocenters. The van der Waals surface area contributed by atoms with Gasteiger partial charge in [-0.05, 0) is 36.8 Å². The van der Waals surface area contributed by atoms with Crippen molar-refractivity contribution in [3.05, 3.63) is 65.0 Å². The molecular formula is C14H10F3NO. The molecule has 0 saturated heterocycles. The summed E-state index contributed by atoms with van der Waals surface area (Å²) in [6.07, 6.45) is 0. The number of hydrogen-bond acceptors (Lipinski definition) is 1. The molecule has 0 radical (unpaired) electrons. The van der Waals surface area contributed by atoms with Crippen molar-refractivity contribution in [1.29, 1.82) is 0 Å². The van der Waals surface area contributed by atoms with E-state index in [1.54, 1.807) is 6.92 Å². The number of rotatable bonds is 2. The number of aryl methyl sites for hydroxylation is 1. The lowest BCUT2D eigenvalue weighted by Crippen LogP contribution is -2.14. The Morgan fingerprint density at radius 3 is 2.47 bits per heavy atom. The first-order valence-electron chi connectivity index (χ1n) is 5.50. The van der Waals surface area contributed by atoms with Gasteiger partial charge in [-0.15, -0.1) is 0 Å². The molecule has 0 unspecified atom stereocenters. The molecule has 19 heavy (non-hydrogen) atoms. The first-order chi connectivity index (χ1) is 8.99. The summed E-state index contributed by atoms with van der Waals surface area (Å²) < 4.78 is 39.7. The molecule has 0 aliphatic carbocycles. The van der Waals surface area contributed by atoms with Crippen LogP contribution in [0.5, 0.6) is 0 Å². The molecule has 0 fully saturated rings. The second-order valence-electron chi connectivity index (χ2n) is 4.02. The average molecular weight is 265 g/mol. The smallest absolute Gasteiger partial charge is 0.258 e. The minimum Gasteiger partial charge on any atom is -0.322 e. The zero-order valence-corrected chi connectivity index (χ0v) is 10.0. The SMILES string of the molecule is Cc1ccc(NC(=O)c2cccc(F)c2F)cc1F. The van der Waals surface area contributed by atoms with Crippen LogP contribution in [-0.2, 0) is 0 Å². The van der Waals surface area contributed by atoms with Gasteiger partial charge in [-0.1, -0.05) is 12.1 Å². The maximum absolute atomic E-state index is 13.4. The molecule has 2 nitrogen and oxygen atoms in total. The second kappa shape index (κ2) is 5.14. The maximum atomic E-state index is 13.4. The van der Waals surface area contributed by atoms with Gasteiger partial charge in [0.05, 0.1) is 5.56 Å². The minimum absolute atomic E-state index is 0.178. The highest BCUT2D eigenvalue weighted by Gasteiger charge is 2.15. The Balaban J connectivity index is 2.26. The molecule has 0 bridgehead atoms. The van der Waals surface area contributed by atoms with Crippen LogP contribution in [0, 0.1) is 24.4 Å². The molecule has 0 aromatic heterocycles. The fraction of sp³-hybridized carbons (Fsp3) is 0.0714. The minimum atomic E-state index is -1.23. The topological polar surface area (TPSA) is 29.1 Å². The van der Waals surface area contributed by atoms with Crippen LogP contribution < -0.4 is 5.32 Å². The van der Waals surface area contributed by atoms with E-state index in [0.717, 1.165) is 18.2 Å². The third kappa shape index (κ3) is 2.76. The van der Waals surface area contributed by atoms with Crippen LogP contribution >= 0.6 is 0 Å². The Hall–Kier alpha value is -2.30. The number of hydrogen-bond donors (Lipinski definition) is 1. The fourth-order valence-corrected chi connectivity index (χ4v) is 1.55. The molecule has 2 aromatic rings. The van der Waals surface area contributed by atoms with Crippen molar-refractivity contribution in [3.63, 3.8) is 0 Å². The van der Waals surface area contributed by atoms with Crippen LogP contribution in [-0.4, -0.2) is 5.91 Å². The van der Waals surface area contributed by atoms with Crippen LogP contribution in [0.3, 0.4) is 0 Å². The van der Waals surface area contributed by atoms with Crippen molar-refractivity contribution in [2.45, 2.75) is 6.92 Å². The van der Waals surface area contributed by atoms with E-state index < -0.39 is 28.9 Å². The summed E-state index contributed by atoms with van der Waals surface area (Å²) in [7, 11) is 0. The third-order valence-electron chi connectivity index (χ3n) is 2.63. The molecule has 98 valence electrons. The van der Waals surface area contributed by atoms with Gasteiger partial charge >= 0.3 is 0 Å². The van der Waals surface area contributed by atoms with Gasteiger partial charge in [0.25, 0.3) is 5.91 Å². The molecule has 0 spiro atoms.